The molecule has 0 spiro atoms. The predicted molar refractivity (Wildman–Crippen MR) is 131 cm³/mol. The summed E-state index contributed by atoms with van der Waals surface area (Å²) < 4.78 is 19.0. The highest BCUT2D eigenvalue weighted by molar-refractivity contribution is 6.18. The molecule has 0 saturated heterocycles. The lowest BCUT2D eigenvalue weighted by Crippen LogP contribution is -1.99. The zero-order valence-electron chi connectivity index (χ0n) is 19.1. The number of carboxylic acid groups (broad SMARTS) is 1. The Hall–Kier alpha value is -4.63. The SMILES string of the molecule is C/C(=C\Cc1cccc2c(C(=O)c3oc(C(=O)O)c(-c4c[nH]c5cc(F)ccc45)c3O)c[nH]c12)CO. The van der Waals surface area contributed by atoms with Crippen molar-refractivity contribution in [1.29, 1.82) is 0 Å². The Morgan fingerprint density at radius 2 is 1.89 bits per heavy atom. The normalized spacial score (nSPS) is 12.0. The maximum absolute atomic E-state index is 13.6. The van der Waals surface area contributed by atoms with Crippen molar-refractivity contribution >= 4 is 33.6 Å². The van der Waals surface area contributed by atoms with E-state index < -0.39 is 34.8 Å². The second-order valence-corrected chi connectivity index (χ2v) is 8.47. The molecule has 2 aromatic carbocycles. The van der Waals surface area contributed by atoms with E-state index in [-0.39, 0.29) is 23.3 Å². The van der Waals surface area contributed by atoms with E-state index in [1.807, 2.05) is 19.1 Å². The first-order valence-electron chi connectivity index (χ1n) is 11.1. The van der Waals surface area contributed by atoms with Crippen LogP contribution in [0.3, 0.4) is 0 Å². The fourth-order valence-electron chi connectivity index (χ4n) is 4.33. The first kappa shape index (κ1) is 23.1. The van der Waals surface area contributed by atoms with Crippen LogP contribution in [0.5, 0.6) is 5.75 Å². The van der Waals surface area contributed by atoms with Crippen LogP contribution >= 0.6 is 0 Å². The third-order valence-corrected chi connectivity index (χ3v) is 6.16. The number of aliphatic hydroxyl groups excluding tert-OH is 1. The van der Waals surface area contributed by atoms with Crippen molar-refractivity contribution in [2.24, 2.45) is 0 Å². The molecule has 36 heavy (non-hydrogen) atoms. The van der Waals surface area contributed by atoms with Gasteiger partial charge in [-0.05, 0) is 37.1 Å². The molecule has 0 aliphatic heterocycles. The maximum Gasteiger partial charge on any atom is 0.372 e. The van der Waals surface area contributed by atoms with Crippen molar-refractivity contribution in [1.82, 2.24) is 9.97 Å². The van der Waals surface area contributed by atoms with Gasteiger partial charge in [0.25, 0.3) is 0 Å². The Labute approximate surface area is 203 Å². The molecule has 0 radical (unpaired) electrons. The van der Waals surface area contributed by atoms with Gasteiger partial charge in [-0.25, -0.2) is 9.18 Å². The molecule has 3 heterocycles. The molecule has 5 N–H and O–H groups in total. The quantitative estimate of drug-likeness (QED) is 0.158. The molecule has 0 aliphatic rings. The average molecular weight is 488 g/mol. The molecule has 8 nitrogen and oxygen atoms in total. The van der Waals surface area contributed by atoms with Crippen molar-refractivity contribution in [3.8, 4) is 16.9 Å². The number of H-pyrrole nitrogens is 2. The molecule has 5 aromatic rings. The number of nitrogens with one attached hydrogen (secondary N) is 2. The van der Waals surface area contributed by atoms with Crippen molar-refractivity contribution in [2.45, 2.75) is 13.3 Å². The smallest absolute Gasteiger partial charge is 0.372 e. The summed E-state index contributed by atoms with van der Waals surface area (Å²) in [5.41, 5.74) is 3.08. The van der Waals surface area contributed by atoms with Gasteiger partial charge in [0.1, 0.15) is 5.82 Å². The van der Waals surface area contributed by atoms with E-state index in [2.05, 4.69) is 9.97 Å². The van der Waals surface area contributed by atoms with Crippen molar-refractivity contribution < 1.29 is 33.7 Å². The van der Waals surface area contributed by atoms with Crippen LogP contribution in [0.2, 0.25) is 0 Å². The molecule has 0 unspecified atom stereocenters. The fraction of sp³-hybridized carbons (Fsp3) is 0.111. The van der Waals surface area contributed by atoms with Gasteiger partial charge in [0.05, 0.1) is 17.7 Å². The number of ketones is 1. The van der Waals surface area contributed by atoms with Gasteiger partial charge in [-0.2, -0.15) is 0 Å². The van der Waals surface area contributed by atoms with Crippen LogP contribution in [0.15, 0.2) is 64.9 Å². The summed E-state index contributed by atoms with van der Waals surface area (Å²) in [7, 11) is 0. The molecule has 5 rings (SSSR count). The lowest BCUT2D eigenvalue weighted by Gasteiger charge is -2.02. The number of aromatic hydroxyl groups is 1. The molecule has 0 atom stereocenters. The highest BCUT2D eigenvalue weighted by Gasteiger charge is 2.32. The molecule has 0 saturated carbocycles. The number of carbonyl (C=O) groups excluding carboxylic acids is 1. The summed E-state index contributed by atoms with van der Waals surface area (Å²) in [6.07, 6.45) is 5.32. The number of aromatic amines is 2. The molecule has 0 amide bonds. The lowest BCUT2D eigenvalue weighted by molar-refractivity contribution is 0.0661. The number of carbonyl (C=O) groups is 2. The number of benzene rings is 2. The molecule has 3 aromatic heterocycles. The van der Waals surface area contributed by atoms with Crippen LogP contribution < -0.4 is 0 Å². The number of carboxylic acids is 1. The number of rotatable bonds is 7. The van der Waals surface area contributed by atoms with Gasteiger partial charge < -0.3 is 29.7 Å². The van der Waals surface area contributed by atoms with Gasteiger partial charge >= 0.3 is 5.97 Å². The van der Waals surface area contributed by atoms with Crippen molar-refractivity contribution in [3.05, 3.63) is 88.9 Å². The van der Waals surface area contributed by atoms with Crippen molar-refractivity contribution in [3.63, 3.8) is 0 Å². The van der Waals surface area contributed by atoms with Crippen LogP contribution in [-0.4, -0.2) is 43.6 Å². The second-order valence-electron chi connectivity index (χ2n) is 8.47. The average Bonchev–Trinajstić information content (AvgIpc) is 3.56. The number of aromatic nitrogens is 2. The van der Waals surface area contributed by atoms with E-state index in [0.717, 1.165) is 11.1 Å². The Kier molecular flexibility index (Phi) is 5.69. The first-order valence-corrected chi connectivity index (χ1v) is 11.1. The van der Waals surface area contributed by atoms with E-state index in [1.54, 1.807) is 12.1 Å². The van der Waals surface area contributed by atoms with Crippen LogP contribution in [0.1, 0.15) is 39.2 Å². The van der Waals surface area contributed by atoms with E-state index >= 15 is 0 Å². The molecular formula is C27H21FN2O6. The lowest BCUT2D eigenvalue weighted by atomic mass is 10.0. The number of furan rings is 1. The second kappa shape index (κ2) is 8.86. The minimum atomic E-state index is -1.47. The minimum absolute atomic E-state index is 0.0537. The van der Waals surface area contributed by atoms with Crippen molar-refractivity contribution in [2.75, 3.05) is 6.61 Å². The number of para-hydroxylation sites is 1. The standard InChI is InChI=1S/C27H21FN2O6/c1-13(12-31)5-6-14-3-2-4-17-19(11-30-22(14)17)23(32)26-24(33)21(25(36-26)27(34)35)18-10-29-20-9-15(28)7-8-16(18)20/h2-5,7-11,29-31,33H,6,12H2,1H3,(H,34,35)/b13-5+. The van der Waals surface area contributed by atoms with Gasteiger partial charge in [-0.15, -0.1) is 0 Å². The zero-order valence-corrected chi connectivity index (χ0v) is 19.1. The predicted octanol–water partition coefficient (Wildman–Crippen LogP) is 5.16. The molecule has 0 aliphatic carbocycles. The topological polar surface area (TPSA) is 140 Å². The summed E-state index contributed by atoms with van der Waals surface area (Å²) in [5, 5.41) is 31.0. The van der Waals surface area contributed by atoms with Gasteiger partial charge in [0.2, 0.25) is 17.3 Å². The Morgan fingerprint density at radius 1 is 1.08 bits per heavy atom. The Balaban J connectivity index is 1.62. The summed E-state index contributed by atoms with van der Waals surface area (Å²) in [6, 6.07) is 9.31. The van der Waals surface area contributed by atoms with E-state index in [0.29, 0.717) is 28.2 Å². The Bertz CT molecular complexity index is 1690. The third-order valence-electron chi connectivity index (χ3n) is 6.16. The maximum atomic E-state index is 13.6. The number of aromatic carboxylic acids is 1. The Morgan fingerprint density at radius 3 is 2.64 bits per heavy atom. The monoisotopic (exact) mass is 488 g/mol. The third kappa shape index (κ3) is 3.75. The van der Waals surface area contributed by atoms with Gasteiger partial charge in [-0.3, -0.25) is 4.79 Å². The van der Waals surface area contributed by atoms with Crippen LogP contribution in [0.25, 0.3) is 32.9 Å². The zero-order chi connectivity index (χ0) is 25.6. The summed E-state index contributed by atoms with van der Waals surface area (Å²) >= 11 is 0. The van der Waals surface area contributed by atoms with E-state index in [4.69, 9.17) is 4.42 Å². The summed E-state index contributed by atoms with van der Waals surface area (Å²) in [5.74, 6) is -4.38. The van der Waals surface area contributed by atoms with Crippen LogP contribution in [0.4, 0.5) is 4.39 Å². The molecule has 0 bridgehead atoms. The molecule has 0 fully saturated rings. The number of fused-ring (bicyclic) bond motifs is 2. The number of hydrogen-bond acceptors (Lipinski definition) is 5. The summed E-state index contributed by atoms with van der Waals surface area (Å²) in [6.45, 7) is 1.76. The van der Waals surface area contributed by atoms with Crippen LogP contribution in [-0.2, 0) is 6.42 Å². The van der Waals surface area contributed by atoms with E-state index in [9.17, 15) is 29.3 Å². The molecule has 182 valence electrons. The molecule has 9 heteroatoms. The highest BCUT2D eigenvalue weighted by atomic mass is 19.1. The number of halogens is 1. The van der Waals surface area contributed by atoms with Gasteiger partial charge in [0, 0.05) is 39.8 Å². The van der Waals surface area contributed by atoms with E-state index in [1.165, 1.54) is 30.6 Å². The largest absolute Gasteiger partial charge is 0.504 e. The number of allylic oxidation sites excluding steroid dienone is 1. The number of hydrogen-bond donors (Lipinski definition) is 5. The first-order chi connectivity index (χ1) is 17.3. The van der Waals surface area contributed by atoms with Gasteiger partial charge in [-0.1, -0.05) is 29.8 Å². The highest BCUT2D eigenvalue weighted by Crippen LogP contribution is 2.42. The van der Waals surface area contributed by atoms with Gasteiger partial charge in [0.15, 0.2) is 5.75 Å². The minimum Gasteiger partial charge on any atom is -0.504 e. The van der Waals surface area contributed by atoms with Crippen LogP contribution in [0, 0.1) is 5.82 Å². The summed E-state index contributed by atoms with van der Waals surface area (Å²) in [4.78, 5) is 31.4. The molecular weight excluding hydrogens is 467 g/mol. The fourth-order valence-corrected chi connectivity index (χ4v) is 4.33. The number of aliphatic hydroxyl groups is 1.